The Hall–Kier alpha value is 0.250. The Bertz CT molecular complexity index is 130. The summed E-state index contributed by atoms with van der Waals surface area (Å²) >= 11 is 5.66. The van der Waals surface area contributed by atoms with E-state index in [1.54, 1.807) is 0 Å². The van der Waals surface area contributed by atoms with Crippen molar-refractivity contribution in [2.24, 2.45) is 0 Å². The third-order valence-corrected chi connectivity index (χ3v) is 3.57. The largest absolute Gasteiger partial charge is 0.303 e. The quantitative estimate of drug-likeness (QED) is 0.493. The van der Waals surface area contributed by atoms with Gasteiger partial charge in [0.15, 0.2) is 0 Å². The van der Waals surface area contributed by atoms with E-state index in [2.05, 4.69) is 4.90 Å². The third kappa shape index (κ3) is 7.19. The van der Waals surface area contributed by atoms with Gasteiger partial charge in [-0.15, -0.1) is 11.6 Å². The van der Waals surface area contributed by atoms with Crippen LogP contribution in [0, 0.1) is 0 Å². The van der Waals surface area contributed by atoms with Gasteiger partial charge in [0.25, 0.3) is 0 Å². The lowest BCUT2D eigenvalue weighted by Crippen LogP contribution is -2.28. The molecule has 1 aliphatic rings. The number of unbranched alkanes of at least 4 members (excludes halogenated alkanes) is 3. The molecule has 0 saturated carbocycles. The van der Waals surface area contributed by atoms with Gasteiger partial charge in [-0.2, -0.15) is 0 Å². The first-order valence-corrected chi connectivity index (χ1v) is 7.25. The molecule has 1 aliphatic heterocycles. The SMILES string of the molecule is ClCCCCCCN1CCCCCCC1. The zero-order valence-corrected chi connectivity index (χ0v) is 10.8. The molecule has 90 valence electrons. The maximum absolute atomic E-state index is 5.66. The van der Waals surface area contributed by atoms with Crippen LogP contribution >= 0.6 is 11.6 Å². The van der Waals surface area contributed by atoms with Crippen LogP contribution < -0.4 is 0 Å². The number of likely N-dealkylation sites (tertiary alicyclic amines) is 1. The predicted molar refractivity (Wildman–Crippen MR) is 68.7 cm³/mol. The van der Waals surface area contributed by atoms with E-state index in [4.69, 9.17) is 11.6 Å². The molecule has 15 heavy (non-hydrogen) atoms. The highest BCUT2D eigenvalue weighted by atomic mass is 35.5. The van der Waals surface area contributed by atoms with Crippen molar-refractivity contribution in [3.05, 3.63) is 0 Å². The average Bonchev–Trinajstić information content (AvgIpc) is 2.20. The maximum Gasteiger partial charge on any atom is 0.0223 e. The number of rotatable bonds is 6. The minimum Gasteiger partial charge on any atom is -0.303 e. The lowest BCUT2D eigenvalue weighted by atomic mass is 10.1. The lowest BCUT2D eigenvalue weighted by molar-refractivity contribution is 0.242. The second kappa shape index (κ2) is 9.47. The monoisotopic (exact) mass is 231 g/mol. The molecular weight excluding hydrogens is 206 g/mol. The zero-order chi connectivity index (χ0) is 10.8. The first-order chi connectivity index (χ1) is 7.43. The summed E-state index contributed by atoms with van der Waals surface area (Å²) in [5, 5.41) is 0. The van der Waals surface area contributed by atoms with Gasteiger partial charge in [-0.25, -0.2) is 0 Å². The van der Waals surface area contributed by atoms with Crippen LogP contribution in [0.2, 0.25) is 0 Å². The topological polar surface area (TPSA) is 3.24 Å². The van der Waals surface area contributed by atoms with Crippen LogP contribution in [-0.2, 0) is 0 Å². The molecule has 1 fully saturated rings. The van der Waals surface area contributed by atoms with Gasteiger partial charge in [0.2, 0.25) is 0 Å². The summed E-state index contributed by atoms with van der Waals surface area (Å²) in [5.74, 6) is 0.837. The minimum atomic E-state index is 0.837. The number of hydrogen-bond donors (Lipinski definition) is 0. The Morgan fingerprint density at radius 2 is 1.33 bits per heavy atom. The average molecular weight is 232 g/mol. The van der Waals surface area contributed by atoms with Crippen molar-refractivity contribution in [3.63, 3.8) is 0 Å². The number of nitrogens with zero attached hydrogens (tertiary/aromatic N) is 1. The number of halogens is 1. The van der Waals surface area contributed by atoms with E-state index in [1.807, 2.05) is 0 Å². The minimum absolute atomic E-state index is 0.837. The lowest BCUT2D eigenvalue weighted by Gasteiger charge is -2.24. The summed E-state index contributed by atoms with van der Waals surface area (Å²) in [6.45, 7) is 4.01. The maximum atomic E-state index is 5.66. The standard InChI is InChI=1S/C13H26ClN/c14-10-6-2-5-9-13-15-11-7-3-1-4-8-12-15/h1-13H2. The van der Waals surface area contributed by atoms with Crippen molar-refractivity contribution < 1.29 is 0 Å². The summed E-state index contributed by atoms with van der Waals surface area (Å²) in [6, 6.07) is 0. The molecule has 1 saturated heterocycles. The van der Waals surface area contributed by atoms with E-state index < -0.39 is 0 Å². The Morgan fingerprint density at radius 3 is 2.00 bits per heavy atom. The molecule has 0 unspecified atom stereocenters. The van der Waals surface area contributed by atoms with E-state index in [9.17, 15) is 0 Å². The molecule has 0 amide bonds. The second-order valence-electron chi connectivity index (χ2n) is 4.71. The van der Waals surface area contributed by atoms with Crippen molar-refractivity contribution in [2.45, 2.75) is 57.8 Å². The summed E-state index contributed by atoms with van der Waals surface area (Å²) in [5.41, 5.74) is 0. The van der Waals surface area contributed by atoms with Gasteiger partial charge < -0.3 is 4.90 Å². The number of hydrogen-bond acceptors (Lipinski definition) is 1. The van der Waals surface area contributed by atoms with Crippen molar-refractivity contribution >= 4 is 11.6 Å². The molecule has 1 heterocycles. The molecule has 1 nitrogen and oxygen atoms in total. The highest BCUT2D eigenvalue weighted by Crippen LogP contribution is 2.11. The van der Waals surface area contributed by atoms with Crippen LogP contribution in [0.15, 0.2) is 0 Å². The Balaban J connectivity index is 1.97. The Kier molecular flexibility index (Phi) is 8.41. The molecular formula is C13H26ClN. The summed E-state index contributed by atoms with van der Waals surface area (Å²) in [4.78, 5) is 2.67. The molecule has 0 N–H and O–H groups in total. The smallest absolute Gasteiger partial charge is 0.0223 e. The van der Waals surface area contributed by atoms with Crippen LogP contribution in [0.4, 0.5) is 0 Å². The van der Waals surface area contributed by atoms with E-state index in [-0.39, 0.29) is 0 Å². The van der Waals surface area contributed by atoms with Gasteiger partial charge in [-0.3, -0.25) is 0 Å². The van der Waals surface area contributed by atoms with E-state index in [1.165, 1.54) is 77.4 Å². The van der Waals surface area contributed by atoms with Crippen LogP contribution in [0.1, 0.15) is 57.8 Å². The second-order valence-corrected chi connectivity index (χ2v) is 5.09. The van der Waals surface area contributed by atoms with Crippen molar-refractivity contribution in [3.8, 4) is 0 Å². The van der Waals surface area contributed by atoms with Gasteiger partial charge in [-0.05, 0) is 45.3 Å². The van der Waals surface area contributed by atoms with E-state index in [0.717, 1.165) is 5.88 Å². The van der Waals surface area contributed by atoms with Gasteiger partial charge in [0, 0.05) is 5.88 Å². The fourth-order valence-corrected chi connectivity index (χ4v) is 2.51. The molecule has 0 spiro atoms. The molecule has 0 radical (unpaired) electrons. The fraction of sp³-hybridized carbons (Fsp3) is 1.00. The van der Waals surface area contributed by atoms with Gasteiger partial charge >= 0.3 is 0 Å². The molecule has 1 rings (SSSR count). The summed E-state index contributed by atoms with van der Waals surface area (Å²) < 4.78 is 0. The Labute approximate surface area is 100 Å². The molecule has 0 aromatic carbocycles. The zero-order valence-electron chi connectivity index (χ0n) is 10.0. The normalized spacial score (nSPS) is 19.8. The first-order valence-electron chi connectivity index (χ1n) is 6.72. The van der Waals surface area contributed by atoms with Crippen molar-refractivity contribution in [1.82, 2.24) is 4.90 Å². The molecule has 0 aliphatic carbocycles. The van der Waals surface area contributed by atoms with Gasteiger partial charge in [0.1, 0.15) is 0 Å². The summed E-state index contributed by atoms with van der Waals surface area (Å²) in [7, 11) is 0. The molecule has 0 bridgehead atoms. The molecule has 0 aromatic rings. The van der Waals surface area contributed by atoms with Gasteiger partial charge in [-0.1, -0.05) is 32.1 Å². The van der Waals surface area contributed by atoms with Crippen molar-refractivity contribution in [1.29, 1.82) is 0 Å². The van der Waals surface area contributed by atoms with Crippen LogP contribution in [0.5, 0.6) is 0 Å². The fourth-order valence-electron chi connectivity index (χ4n) is 2.32. The molecule has 0 aromatic heterocycles. The predicted octanol–water partition coefficient (Wildman–Crippen LogP) is 4.05. The van der Waals surface area contributed by atoms with Crippen LogP contribution in [0.3, 0.4) is 0 Å². The highest BCUT2D eigenvalue weighted by molar-refractivity contribution is 6.17. The van der Waals surface area contributed by atoms with Crippen LogP contribution in [0.25, 0.3) is 0 Å². The molecule has 0 atom stereocenters. The highest BCUT2D eigenvalue weighted by Gasteiger charge is 2.06. The Morgan fingerprint density at radius 1 is 0.733 bits per heavy atom. The van der Waals surface area contributed by atoms with Gasteiger partial charge in [0.05, 0.1) is 0 Å². The third-order valence-electron chi connectivity index (χ3n) is 3.31. The molecule has 2 heteroatoms. The first kappa shape index (κ1) is 13.3. The van der Waals surface area contributed by atoms with Crippen molar-refractivity contribution in [2.75, 3.05) is 25.5 Å². The number of alkyl halides is 1. The summed E-state index contributed by atoms with van der Waals surface area (Å²) in [6.07, 6.45) is 12.4. The van der Waals surface area contributed by atoms with Crippen LogP contribution in [-0.4, -0.2) is 30.4 Å². The van der Waals surface area contributed by atoms with E-state index >= 15 is 0 Å². The van der Waals surface area contributed by atoms with E-state index in [0.29, 0.717) is 0 Å².